The van der Waals surface area contributed by atoms with Crippen molar-refractivity contribution in [3.8, 4) is 6.07 Å². The molecule has 100 valence electrons. The molecule has 1 amide bonds. The normalized spacial score (nSPS) is 26.2. The predicted molar refractivity (Wildman–Crippen MR) is 67.7 cm³/mol. The molecule has 18 heavy (non-hydrogen) atoms. The molecule has 0 aromatic carbocycles. The molecule has 4 heteroatoms. The minimum atomic E-state index is -0.702. The highest BCUT2D eigenvalue weighted by Crippen LogP contribution is 2.42. The topological polar surface area (TPSA) is 53.3 Å². The van der Waals surface area contributed by atoms with E-state index in [0.717, 1.165) is 51.7 Å². The molecule has 1 atom stereocenters. The third kappa shape index (κ3) is 2.51. The maximum absolute atomic E-state index is 12.4. The van der Waals surface area contributed by atoms with Gasteiger partial charge >= 0.3 is 0 Å². The molecule has 1 saturated carbocycles. The summed E-state index contributed by atoms with van der Waals surface area (Å²) in [4.78, 5) is 14.3. The Balaban J connectivity index is 1.92. The zero-order valence-electron chi connectivity index (χ0n) is 11.2. The number of hydrogen-bond donors (Lipinski definition) is 0. The quantitative estimate of drug-likeness (QED) is 0.767. The van der Waals surface area contributed by atoms with Crippen molar-refractivity contribution < 1.29 is 9.53 Å². The third-order valence-corrected chi connectivity index (χ3v) is 4.05. The van der Waals surface area contributed by atoms with Crippen LogP contribution in [-0.2, 0) is 9.53 Å². The molecular weight excluding hydrogens is 228 g/mol. The van der Waals surface area contributed by atoms with Crippen molar-refractivity contribution in [2.45, 2.75) is 51.6 Å². The van der Waals surface area contributed by atoms with E-state index >= 15 is 0 Å². The Morgan fingerprint density at radius 1 is 1.50 bits per heavy atom. The van der Waals surface area contributed by atoms with Crippen LogP contribution in [0.4, 0.5) is 0 Å². The van der Waals surface area contributed by atoms with E-state index in [1.165, 1.54) is 0 Å². The lowest BCUT2D eigenvalue weighted by atomic mass is 9.69. The summed E-state index contributed by atoms with van der Waals surface area (Å²) >= 11 is 0. The minimum absolute atomic E-state index is 0.0426. The van der Waals surface area contributed by atoms with Gasteiger partial charge in [-0.2, -0.15) is 5.26 Å². The van der Waals surface area contributed by atoms with Crippen LogP contribution in [-0.4, -0.2) is 36.6 Å². The fourth-order valence-corrected chi connectivity index (χ4v) is 2.75. The van der Waals surface area contributed by atoms with Crippen LogP contribution in [0.1, 0.15) is 45.4 Å². The van der Waals surface area contributed by atoms with Gasteiger partial charge < -0.3 is 9.64 Å². The number of piperidine rings is 1. The highest BCUT2D eigenvalue weighted by Gasteiger charge is 2.47. The molecule has 1 unspecified atom stereocenters. The first-order valence-electron chi connectivity index (χ1n) is 7.04. The Morgan fingerprint density at radius 2 is 2.28 bits per heavy atom. The fraction of sp³-hybridized carbons (Fsp3) is 0.857. The SMILES string of the molecule is CCCOC1CCCN(C(=O)C2(C#N)CCC2)C1. The first kappa shape index (κ1) is 13.4. The number of carbonyl (C=O) groups excluding carboxylic acids is 1. The van der Waals surface area contributed by atoms with Crippen LogP contribution < -0.4 is 0 Å². The zero-order valence-corrected chi connectivity index (χ0v) is 11.2. The van der Waals surface area contributed by atoms with Gasteiger partial charge in [-0.1, -0.05) is 6.92 Å². The van der Waals surface area contributed by atoms with Gasteiger partial charge in [0.25, 0.3) is 0 Å². The molecule has 0 spiro atoms. The molecule has 1 aliphatic carbocycles. The molecule has 2 rings (SSSR count). The average Bonchev–Trinajstić information content (AvgIpc) is 2.36. The molecule has 2 aliphatic rings. The lowest BCUT2D eigenvalue weighted by Crippen LogP contribution is -2.51. The number of carbonyl (C=O) groups is 1. The number of rotatable bonds is 4. The van der Waals surface area contributed by atoms with Gasteiger partial charge in [-0.15, -0.1) is 0 Å². The maximum Gasteiger partial charge on any atom is 0.243 e. The van der Waals surface area contributed by atoms with Crippen molar-refractivity contribution in [1.29, 1.82) is 5.26 Å². The van der Waals surface area contributed by atoms with Crippen LogP contribution in [0.5, 0.6) is 0 Å². The summed E-state index contributed by atoms with van der Waals surface area (Å²) in [6.45, 7) is 4.30. The van der Waals surface area contributed by atoms with Crippen LogP contribution in [0.25, 0.3) is 0 Å². The monoisotopic (exact) mass is 250 g/mol. The van der Waals surface area contributed by atoms with E-state index in [1.807, 2.05) is 4.90 Å². The number of likely N-dealkylation sites (tertiary alicyclic amines) is 1. The molecule has 0 aromatic rings. The second-order valence-electron chi connectivity index (χ2n) is 5.43. The summed E-state index contributed by atoms with van der Waals surface area (Å²) in [6.07, 6.45) is 5.66. The van der Waals surface area contributed by atoms with Crippen molar-refractivity contribution >= 4 is 5.91 Å². The Hall–Kier alpha value is -1.08. The lowest BCUT2D eigenvalue weighted by Gasteiger charge is -2.41. The second kappa shape index (κ2) is 5.71. The van der Waals surface area contributed by atoms with Crippen LogP contribution in [0, 0.1) is 16.7 Å². The van der Waals surface area contributed by atoms with Crippen LogP contribution >= 0.6 is 0 Å². The highest BCUT2D eigenvalue weighted by atomic mass is 16.5. The average molecular weight is 250 g/mol. The smallest absolute Gasteiger partial charge is 0.243 e. The number of nitriles is 1. The van der Waals surface area contributed by atoms with Crippen molar-refractivity contribution in [3.05, 3.63) is 0 Å². The molecule has 1 saturated heterocycles. The molecule has 1 heterocycles. The fourth-order valence-electron chi connectivity index (χ4n) is 2.75. The van der Waals surface area contributed by atoms with E-state index in [0.29, 0.717) is 6.54 Å². The summed E-state index contributed by atoms with van der Waals surface area (Å²) in [5.41, 5.74) is -0.702. The van der Waals surface area contributed by atoms with E-state index < -0.39 is 5.41 Å². The molecule has 0 aromatic heterocycles. The van der Waals surface area contributed by atoms with Gasteiger partial charge in [0.1, 0.15) is 5.41 Å². The van der Waals surface area contributed by atoms with Crippen molar-refractivity contribution in [3.63, 3.8) is 0 Å². The van der Waals surface area contributed by atoms with Crippen molar-refractivity contribution in [1.82, 2.24) is 4.90 Å². The zero-order chi connectivity index (χ0) is 13.0. The van der Waals surface area contributed by atoms with Gasteiger partial charge in [0, 0.05) is 19.7 Å². The predicted octanol–water partition coefficient (Wildman–Crippen LogP) is 2.10. The Kier molecular flexibility index (Phi) is 4.23. The van der Waals surface area contributed by atoms with Gasteiger partial charge in [-0.3, -0.25) is 4.79 Å². The van der Waals surface area contributed by atoms with Crippen LogP contribution in [0.2, 0.25) is 0 Å². The lowest BCUT2D eigenvalue weighted by molar-refractivity contribution is -0.147. The van der Waals surface area contributed by atoms with Gasteiger partial charge in [0.2, 0.25) is 5.91 Å². The summed E-state index contributed by atoms with van der Waals surface area (Å²) in [5.74, 6) is 0.0426. The van der Waals surface area contributed by atoms with E-state index in [9.17, 15) is 10.1 Å². The van der Waals surface area contributed by atoms with Crippen molar-refractivity contribution in [2.75, 3.05) is 19.7 Å². The van der Waals surface area contributed by atoms with Gasteiger partial charge in [0.05, 0.1) is 12.2 Å². The number of nitrogens with zero attached hydrogens (tertiary/aromatic N) is 2. The Morgan fingerprint density at radius 3 is 2.83 bits per heavy atom. The van der Waals surface area contributed by atoms with Crippen LogP contribution in [0.3, 0.4) is 0 Å². The van der Waals surface area contributed by atoms with E-state index in [4.69, 9.17) is 4.74 Å². The van der Waals surface area contributed by atoms with Gasteiger partial charge in [-0.05, 0) is 38.5 Å². The molecule has 0 N–H and O–H groups in total. The molecule has 4 nitrogen and oxygen atoms in total. The number of amides is 1. The second-order valence-corrected chi connectivity index (χ2v) is 5.43. The number of hydrogen-bond acceptors (Lipinski definition) is 3. The summed E-state index contributed by atoms with van der Waals surface area (Å²) in [6, 6.07) is 2.24. The number of ether oxygens (including phenoxy) is 1. The van der Waals surface area contributed by atoms with Gasteiger partial charge in [-0.25, -0.2) is 0 Å². The molecular formula is C14H22N2O2. The van der Waals surface area contributed by atoms with E-state index in [1.54, 1.807) is 0 Å². The summed E-state index contributed by atoms with van der Waals surface area (Å²) < 4.78 is 5.73. The molecule has 1 aliphatic heterocycles. The summed E-state index contributed by atoms with van der Waals surface area (Å²) in [5, 5.41) is 9.22. The highest BCUT2D eigenvalue weighted by molar-refractivity contribution is 5.86. The first-order chi connectivity index (χ1) is 8.72. The summed E-state index contributed by atoms with van der Waals surface area (Å²) in [7, 11) is 0. The van der Waals surface area contributed by atoms with Gasteiger partial charge in [0.15, 0.2) is 0 Å². The largest absolute Gasteiger partial charge is 0.376 e. The third-order valence-electron chi connectivity index (χ3n) is 4.05. The molecule has 2 fully saturated rings. The van der Waals surface area contributed by atoms with E-state index in [2.05, 4.69) is 13.0 Å². The first-order valence-corrected chi connectivity index (χ1v) is 7.04. The Labute approximate surface area is 109 Å². The minimum Gasteiger partial charge on any atom is -0.376 e. The van der Waals surface area contributed by atoms with Crippen molar-refractivity contribution in [2.24, 2.45) is 5.41 Å². The molecule has 0 radical (unpaired) electrons. The Bertz CT molecular complexity index is 344. The van der Waals surface area contributed by atoms with Crippen LogP contribution in [0.15, 0.2) is 0 Å². The molecule has 0 bridgehead atoms. The maximum atomic E-state index is 12.4. The standard InChI is InChI=1S/C14H22N2O2/c1-2-9-18-12-5-3-8-16(10-12)13(17)14(11-15)6-4-7-14/h12H,2-10H2,1H3. The van der Waals surface area contributed by atoms with E-state index in [-0.39, 0.29) is 12.0 Å².